The third-order valence-electron chi connectivity index (χ3n) is 2.86. The van der Waals surface area contributed by atoms with Gasteiger partial charge in [-0.25, -0.2) is 18.4 Å². The van der Waals surface area contributed by atoms with Crippen LogP contribution < -0.4 is 4.83 Å². The molecule has 6 nitrogen and oxygen atoms in total. The summed E-state index contributed by atoms with van der Waals surface area (Å²) in [5.41, 5.74) is 0.590. The number of aliphatic hydroxyl groups excluding tert-OH is 1. The maximum Gasteiger partial charge on any atom is 0.270 e. The van der Waals surface area contributed by atoms with Gasteiger partial charge in [-0.2, -0.15) is 0 Å². The van der Waals surface area contributed by atoms with Gasteiger partial charge in [0.1, 0.15) is 0 Å². The molecule has 0 atom stereocenters. The van der Waals surface area contributed by atoms with Crippen LogP contribution >= 0.6 is 0 Å². The van der Waals surface area contributed by atoms with Crippen molar-refractivity contribution in [1.29, 1.82) is 0 Å². The number of piperidine rings is 1. The molecule has 2 N–H and O–H groups in total. The molecule has 0 spiro atoms. The number of hydrazine groups is 1. The fraction of sp³-hybridized carbons (Fsp3) is 0.545. The third kappa shape index (κ3) is 3.26. The van der Waals surface area contributed by atoms with Crippen LogP contribution in [-0.4, -0.2) is 36.6 Å². The van der Waals surface area contributed by atoms with Gasteiger partial charge in [-0.3, -0.25) is 0 Å². The summed E-state index contributed by atoms with van der Waals surface area (Å²) in [7, 11) is -3.60. The highest BCUT2D eigenvalue weighted by atomic mass is 32.2. The number of hydrogen-bond donors (Lipinski definition) is 2. The number of aliphatic hydroxyl groups is 1. The standard InChI is InChI=1S/C11H17N3O3S/c15-9-10-4-5-11(12-8-10)18(16,17)13-14-6-2-1-3-7-14/h4-5,8,13,15H,1-3,6-7,9H2. The van der Waals surface area contributed by atoms with Gasteiger partial charge in [0.25, 0.3) is 10.0 Å². The van der Waals surface area contributed by atoms with E-state index < -0.39 is 10.0 Å². The summed E-state index contributed by atoms with van der Waals surface area (Å²) in [5, 5.41) is 10.6. The van der Waals surface area contributed by atoms with Crippen LogP contribution in [-0.2, 0) is 16.6 Å². The Hall–Kier alpha value is -1.02. The lowest BCUT2D eigenvalue weighted by Gasteiger charge is -2.26. The molecule has 0 saturated carbocycles. The predicted octanol–water partition coefficient (Wildman–Crippen LogP) is 0.253. The summed E-state index contributed by atoms with van der Waals surface area (Å²) in [6.07, 6.45) is 4.51. The van der Waals surface area contributed by atoms with E-state index in [1.165, 1.54) is 12.3 Å². The van der Waals surface area contributed by atoms with Crippen molar-refractivity contribution in [1.82, 2.24) is 14.8 Å². The van der Waals surface area contributed by atoms with Crippen molar-refractivity contribution in [2.75, 3.05) is 13.1 Å². The second-order valence-electron chi connectivity index (χ2n) is 4.31. The summed E-state index contributed by atoms with van der Waals surface area (Å²) in [6, 6.07) is 2.95. The van der Waals surface area contributed by atoms with E-state index in [1.807, 2.05) is 0 Å². The van der Waals surface area contributed by atoms with Crippen molar-refractivity contribution in [2.24, 2.45) is 0 Å². The fourth-order valence-corrected chi connectivity index (χ4v) is 2.92. The fourth-order valence-electron chi connectivity index (χ4n) is 1.87. The van der Waals surface area contributed by atoms with E-state index in [2.05, 4.69) is 9.82 Å². The SMILES string of the molecule is O=S(=O)(NN1CCCCC1)c1ccc(CO)cn1. The second kappa shape index (κ2) is 5.75. The molecule has 7 heteroatoms. The molecule has 18 heavy (non-hydrogen) atoms. The third-order valence-corrected chi connectivity index (χ3v) is 4.15. The number of nitrogens with zero attached hydrogens (tertiary/aromatic N) is 2. The average Bonchev–Trinajstić information content (AvgIpc) is 2.39. The molecule has 2 heterocycles. The number of pyridine rings is 1. The van der Waals surface area contributed by atoms with Crippen LogP contribution in [0.25, 0.3) is 0 Å². The van der Waals surface area contributed by atoms with E-state index in [0.717, 1.165) is 32.4 Å². The summed E-state index contributed by atoms with van der Waals surface area (Å²) in [4.78, 5) is 6.38. The molecule has 0 aliphatic carbocycles. The Kier molecular flexibility index (Phi) is 4.28. The zero-order chi connectivity index (χ0) is 13.0. The molecule has 1 aromatic rings. The van der Waals surface area contributed by atoms with E-state index >= 15 is 0 Å². The quantitative estimate of drug-likeness (QED) is 0.820. The Labute approximate surface area is 107 Å². The molecule has 2 rings (SSSR count). The molecule has 1 aliphatic rings. The van der Waals surface area contributed by atoms with Gasteiger partial charge in [-0.05, 0) is 24.5 Å². The van der Waals surface area contributed by atoms with E-state index in [4.69, 9.17) is 5.11 Å². The minimum absolute atomic E-state index is 0.0229. The number of sulfonamides is 1. The van der Waals surface area contributed by atoms with Crippen LogP contribution in [0.2, 0.25) is 0 Å². The first-order valence-corrected chi connectivity index (χ1v) is 7.43. The van der Waals surface area contributed by atoms with Gasteiger partial charge in [0.2, 0.25) is 0 Å². The average molecular weight is 271 g/mol. The van der Waals surface area contributed by atoms with Gasteiger partial charge < -0.3 is 5.11 Å². The monoisotopic (exact) mass is 271 g/mol. The molecule has 0 unspecified atom stereocenters. The maximum absolute atomic E-state index is 12.0. The summed E-state index contributed by atoms with van der Waals surface area (Å²) >= 11 is 0. The van der Waals surface area contributed by atoms with Gasteiger partial charge >= 0.3 is 0 Å². The molecular formula is C11H17N3O3S. The van der Waals surface area contributed by atoms with Crippen molar-refractivity contribution in [3.05, 3.63) is 23.9 Å². The van der Waals surface area contributed by atoms with Crippen LogP contribution in [0.15, 0.2) is 23.4 Å². The number of nitrogens with one attached hydrogen (secondary N) is 1. The minimum Gasteiger partial charge on any atom is -0.392 e. The Morgan fingerprint density at radius 3 is 2.56 bits per heavy atom. The van der Waals surface area contributed by atoms with Gasteiger partial charge in [0.15, 0.2) is 5.03 Å². The van der Waals surface area contributed by atoms with Gasteiger partial charge in [-0.1, -0.05) is 12.5 Å². The number of rotatable bonds is 4. The topological polar surface area (TPSA) is 82.5 Å². The minimum atomic E-state index is -3.60. The van der Waals surface area contributed by atoms with Crippen LogP contribution in [0, 0.1) is 0 Å². The van der Waals surface area contributed by atoms with Crippen LogP contribution in [0.3, 0.4) is 0 Å². The van der Waals surface area contributed by atoms with Gasteiger partial charge in [0.05, 0.1) is 6.61 Å². The Morgan fingerprint density at radius 2 is 2.00 bits per heavy atom. The molecule has 1 fully saturated rings. The predicted molar refractivity (Wildman–Crippen MR) is 65.9 cm³/mol. The summed E-state index contributed by atoms with van der Waals surface area (Å²) in [6.45, 7) is 1.31. The highest BCUT2D eigenvalue weighted by Gasteiger charge is 2.20. The number of aromatic nitrogens is 1. The normalized spacial score (nSPS) is 17.8. The lowest BCUT2D eigenvalue weighted by molar-refractivity contribution is 0.199. The lowest BCUT2D eigenvalue weighted by Crippen LogP contribution is -2.45. The Balaban J connectivity index is 2.08. The first-order chi connectivity index (χ1) is 8.62. The molecule has 100 valence electrons. The highest BCUT2D eigenvalue weighted by molar-refractivity contribution is 7.89. The van der Waals surface area contributed by atoms with Crippen molar-refractivity contribution in [3.8, 4) is 0 Å². The largest absolute Gasteiger partial charge is 0.392 e. The zero-order valence-electron chi connectivity index (χ0n) is 10.0. The molecule has 0 amide bonds. The Bertz CT molecular complexity index is 481. The highest BCUT2D eigenvalue weighted by Crippen LogP contribution is 2.11. The van der Waals surface area contributed by atoms with Gasteiger partial charge in [0, 0.05) is 19.3 Å². The molecular weight excluding hydrogens is 254 g/mol. The zero-order valence-corrected chi connectivity index (χ0v) is 10.9. The maximum atomic E-state index is 12.0. The summed E-state index contributed by atoms with van der Waals surface area (Å²) in [5.74, 6) is 0. The van der Waals surface area contributed by atoms with E-state index in [9.17, 15) is 8.42 Å². The van der Waals surface area contributed by atoms with E-state index in [-0.39, 0.29) is 11.6 Å². The molecule has 1 aromatic heterocycles. The van der Waals surface area contributed by atoms with Crippen molar-refractivity contribution in [3.63, 3.8) is 0 Å². The van der Waals surface area contributed by atoms with E-state index in [1.54, 1.807) is 11.1 Å². The molecule has 0 aromatic carbocycles. The van der Waals surface area contributed by atoms with E-state index in [0.29, 0.717) is 5.56 Å². The van der Waals surface area contributed by atoms with Crippen molar-refractivity contribution in [2.45, 2.75) is 30.9 Å². The lowest BCUT2D eigenvalue weighted by atomic mass is 10.2. The van der Waals surface area contributed by atoms with Crippen LogP contribution in [0.4, 0.5) is 0 Å². The van der Waals surface area contributed by atoms with Crippen molar-refractivity contribution >= 4 is 10.0 Å². The van der Waals surface area contributed by atoms with Crippen LogP contribution in [0.1, 0.15) is 24.8 Å². The van der Waals surface area contributed by atoms with Crippen LogP contribution in [0.5, 0.6) is 0 Å². The first-order valence-electron chi connectivity index (χ1n) is 5.95. The Morgan fingerprint density at radius 1 is 1.28 bits per heavy atom. The molecule has 0 bridgehead atoms. The van der Waals surface area contributed by atoms with Gasteiger partial charge in [-0.15, -0.1) is 4.83 Å². The molecule has 0 radical (unpaired) electrons. The molecule has 1 aliphatic heterocycles. The number of hydrogen-bond acceptors (Lipinski definition) is 5. The second-order valence-corrected chi connectivity index (χ2v) is 5.91. The molecule has 1 saturated heterocycles. The first kappa shape index (κ1) is 13.4. The summed E-state index contributed by atoms with van der Waals surface area (Å²) < 4.78 is 24.0. The smallest absolute Gasteiger partial charge is 0.270 e. The van der Waals surface area contributed by atoms with Crippen molar-refractivity contribution < 1.29 is 13.5 Å².